The summed E-state index contributed by atoms with van der Waals surface area (Å²) < 4.78 is 1.10. The van der Waals surface area contributed by atoms with Gasteiger partial charge in [0.1, 0.15) is 0 Å². The molecule has 0 bridgehead atoms. The number of hydrogen-bond donors (Lipinski definition) is 1. The van der Waals surface area contributed by atoms with Crippen LogP contribution < -0.4 is 5.32 Å². The van der Waals surface area contributed by atoms with Gasteiger partial charge in [0.15, 0.2) is 0 Å². The Bertz CT molecular complexity index is 568. The second-order valence-electron chi connectivity index (χ2n) is 3.93. The smallest absolute Gasteiger partial charge is 0.0695 e. The summed E-state index contributed by atoms with van der Waals surface area (Å²) in [6.07, 6.45) is 0. The molecule has 0 spiro atoms. The summed E-state index contributed by atoms with van der Waals surface area (Å²) in [5, 5.41) is 4.48. The van der Waals surface area contributed by atoms with E-state index in [0.717, 1.165) is 10.0 Å². The fraction of sp³-hybridized carbons (Fsp3) is 0.231. The molecular formula is C13H12BrCl2NS. The normalized spacial score (nSPS) is 12.7. The van der Waals surface area contributed by atoms with Crippen LogP contribution in [-0.4, -0.2) is 7.05 Å². The Morgan fingerprint density at radius 1 is 1.33 bits per heavy atom. The highest BCUT2D eigenvalue weighted by Gasteiger charge is 2.20. The summed E-state index contributed by atoms with van der Waals surface area (Å²) in [6.45, 7) is 2.09. The van der Waals surface area contributed by atoms with Gasteiger partial charge in [0.2, 0.25) is 0 Å². The first-order valence-electron chi connectivity index (χ1n) is 5.41. The first-order valence-corrected chi connectivity index (χ1v) is 7.78. The Hall–Kier alpha value is -0.0600. The second-order valence-corrected chi connectivity index (χ2v) is 6.86. The van der Waals surface area contributed by atoms with Crippen LogP contribution in [0.4, 0.5) is 0 Å². The van der Waals surface area contributed by atoms with Gasteiger partial charge in [-0.2, -0.15) is 0 Å². The molecule has 0 radical (unpaired) electrons. The monoisotopic (exact) mass is 363 g/mol. The maximum atomic E-state index is 6.29. The Morgan fingerprint density at radius 2 is 2.06 bits per heavy atom. The van der Waals surface area contributed by atoms with E-state index in [-0.39, 0.29) is 6.04 Å². The molecule has 1 aromatic heterocycles. The van der Waals surface area contributed by atoms with Gasteiger partial charge in [-0.25, -0.2) is 0 Å². The average molecular weight is 365 g/mol. The highest BCUT2D eigenvalue weighted by molar-refractivity contribution is 9.10. The van der Waals surface area contributed by atoms with E-state index in [9.17, 15) is 0 Å². The molecule has 5 heteroatoms. The Labute approximate surface area is 129 Å². The summed E-state index contributed by atoms with van der Waals surface area (Å²) in [5.41, 5.74) is 0.995. The molecular weight excluding hydrogens is 353 g/mol. The molecule has 2 aromatic rings. The van der Waals surface area contributed by atoms with Crippen molar-refractivity contribution in [3.8, 4) is 0 Å². The molecule has 1 atom stereocenters. The summed E-state index contributed by atoms with van der Waals surface area (Å²) in [5.74, 6) is 0. The zero-order chi connectivity index (χ0) is 13.3. The molecule has 18 heavy (non-hydrogen) atoms. The Morgan fingerprint density at radius 3 is 2.61 bits per heavy atom. The lowest BCUT2D eigenvalue weighted by Gasteiger charge is -2.18. The van der Waals surface area contributed by atoms with Crippen molar-refractivity contribution >= 4 is 50.5 Å². The van der Waals surface area contributed by atoms with Gasteiger partial charge >= 0.3 is 0 Å². The lowest BCUT2D eigenvalue weighted by Crippen LogP contribution is -2.17. The molecule has 1 N–H and O–H groups in total. The van der Waals surface area contributed by atoms with E-state index in [1.807, 2.05) is 19.2 Å². The summed E-state index contributed by atoms with van der Waals surface area (Å²) in [7, 11) is 1.92. The average Bonchev–Trinajstić information content (AvgIpc) is 2.65. The molecule has 0 saturated carbocycles. The maximum absolute atomic E-state index is 6.29. The van der Waals surface area contributed by atoms with Gasteiger partial charge in [0.25, 0.3) is 0 Å². The predicted molar refractivity (Wildman–Crippen MR) is 84.1 cm³/mol. The Kier molecular flexibility index (Phi) is 4.73. The fourth-order valence-electron chi connectivity index (χ4n) is 1.87. The quantitative estimate of drug-likeness (QED) is 0.765. The van der Waals surface area contributed by atoms with Crippen molar-refractivity contribution in [2.45, 2.75) is 13.0 Å². The minimum Gasteiger partial charge on any atom is -0.309 e. The SMILES string of the molecule is CNC(c1cccc(Cl)c1Cl)c1sc(C)cc1Br. The topological polar surface area (TPSA) is 12.0 Å². The molecule has 0 aliphatic heterocycles. The van der Waals surface area contributed by atoms with E-state index >= 15 is 0 Å². The minimum absolute atomic E-state index is 0.0456. The van der Waals surface area contributed by atoms with E-state index < -0.39 is 0 Å². The molecule has 96 valence electrons. The van der Waals surface area contributed by atoms with Crippen LogP contribution in [0, 0.1) is 6.92 Å². The number of thiophene rings is 1. The fourth-order valence-corrected chi connectivity index (χ4v) is 4.30. The van der Waals surface area contributed by atoms with Crippen molar-refractivity contribution in [1.29, 1.82) is 0 Å². The van der Waals surface area contributed by atoms with E-state index in [1.165, 1.54) is 9.75 Å². The molecule has 1 unspecified atom stereocenters. The van der Waals surface area contributed by atoms with Crippen molar-refractivity contribution in [2.24, 2.45) is 0 Å². The minimum atomic E-state index is 0.0456. The number of benzene rings is 1. The Balaban J connectivity index is 2.52. The van der Waals surface area contributed by atoms with Crippen LogP contribution in [0.25, 0.3) is 0 Å². The molecule has 0 aliphatic rings. The van der Waals surface area contributed by atoms with Gasteiger partial charge in [-0.3, -0.25) is 0 Å². The molecule has 1 aromatic carbocycles. The highest BCUT2D eigenvalue weighted by atomic mass is 79.9. The van der Waals surface area contributed by atoms with Crippen LogP contribution in [0.2, 0.25) is 10.0 Å². The predicted octanol–water partition coefficient (Wildman–Crippen LogP) is 5.43. The first-order chi connectivity index (χ1) is 8.54. The van der Waals surface area contributed by atoms with Crippen LogP contribution >= 0.6 is 50.5 Å². The summed E-state index contributed by atoms with van der Waals surface area (Å²) in [6, 6.07) is 7.88. The van der Waals surface area contributed by atoms with Crippen LogP contribution in [0.3, 0.4) is 0 Å². The van der Waals surface area contributed by atoms with Crippen molar-refractivity contribution in [1.82, 2.24) is 5.32 Å². The molecule has 2 rings (SSSR count). The molecule has 1 heterocycles. The number of aryl methyl sites for hydroxylation is 1. The van der Waals surface area contributed by atoms with Crippen LogP contribution in [-0.2, 0) is 0 Å². The van der Waals surface area contributed by atoms with Crippen LogP contribution in [0.5, 0.6) is 0 Å². The van der Waals surface area contributed by atoms with Gasteiger partial charge < -0.3 is 5.32 Å². The molecule has 0 amide bonds. The third-order valence-electron chi connectivity index (χ3n) is 2.68. The lowest BCUT2D eigenvalue weighted by molar-refractivity contribution is 0.702. The number of halogens is 3. The third-order valence-corrected chi connectivity index (χ3v) is 5.55. The number of rotatable bonds is 3. The third kappa shape index (κ3) is 2.75. The maximum Gasteiger partial charge on any atom is 0.0695 e. The van der Waals surface area contributed by atoms with Crippen molar-refractivity contribution < 1.29 is 0 Å². The zero-order valence-corrected chi connectivity index (χ0v) is 13.8. The first kappa shape index (κ1) is 14.4. The lowest BCUT2D eigenvalue weighted by atomic mass is 10.1. The van der Waals surface area contributed by atoms with Gasteiger partial charge in [-0.05, 0) is 47.6 Å². The molecule has 1 nitrogen and oxygen atoms in total. The van der Waals surface area contributed by atoms with E-state index in [2.05, 4.69) is 34.2 Å². The number of nitrogens with one attached hydrogen (secondary N) is 1. The second kappa shape index (κ2) is 5.93. The molecule has 0 aliphatic carbocycles. The standard InChI is InChI=1S/C13H12BrCl2NS/c1-7-6-9(14)13(18-7)12(17-2)8-4-3-5-10(15)11(8)16/h3-6,12,17H,1-2H3. The largest absolute Gasteiger partial charge is 0.309 e. The van der Waals surface area contributed by atoms with Gasteiger partial charge in [0.05, 0.1) is 16.1 Å². The van der Waals surface area contributed by atoms with Crippen LogP contribution in [0.1, 0.15) is 21.4 Å². The summed E-state index contributed by atoms with van der Waals surface area (Å²) in [4.78, 5) is 2.47. The van der Waals surface area contributed by atoms with Crippen molar-refractivity contribution in [2.75, 3.05) is 7.05 Å². The van der Waals surface area contributed by atoms with Crippen molar-refractivity contribution in [3.63, 3.8) is 0 Å². The molecule has 0 saturated heterocycles. The van der Waals surface area contributed by atoms with Crippen LogP contribution in [0.15, 0.2) is 28.7 Å². The number of hydrogen-bond acceptors (Lipinski definition) is 2. The van der Waals surface area contributed by atoms with Gasteiger partial charge in [-0.1, -0.05) is 35.3 Å². The van der Waals surface area contributed by atoms with E-state index in [0.29, 0.717) is 10.0 Å². The summed E-state index contributed by atoms with van der Waals surface area (Å²) >= 11 is 17.7. The van der Waals surface area contributed by atoms with E-state index in [1.54, 1.807) is 17.4 Å². The van der Waals surface area contributed by atoms with Crippen molar-refractivity contribution in [3.05, 3.63) is 54.1 Å². The van der Waals surface area contributed by atoms with Gasteiger partial charge in [0, 0.05) is 14.2 Å². The molecule has 0 fully saturated rings. The van der Waals surface area contributed by atoms with Gasteiger partial charge in [-0.15, -0.1) is 11.3 Å². The van der Waals surface area contributed by atoms with E-state index in [4.69, 9.17) is 23.2 Å². The highest BCUT2D eigenvalue weighted by Crippen LogP contribution is 2.39. The zero-order valence-electron chi connectivity index (χ0n) is 9.93.